The van der Waals surface area contributed by atoms with Crippen molar-refractivity contribution in [2.24, 2.45) is 0 Å². The Hall–Kier alpha value is -2.58. The number of methoxy groups -OCH3 is 1. The van der Waals surface area contributed by atoms with E-state index in [1.165, 1.54) is 25.3 Å². The number of carbonyl (C=O) groups is 2. The summed E-state index contributed by atoms with van der Waals surface area (Å²) in [5.41, 5.74) is 1.35. The molecule has 0 saturated heterocycles. The average Bonchev–Trinajstić information content (AvgIpc) is 2.61. The molecule has 2 rings (SSSR count). The number of aryl methyl sites for hydroxylation is 1. The second-order valence-corrected chi connectivity index (χ2v) is 8.13. The number of carbonyl (C=O) groups excluding carboxylic acids is 2. The molecule has 0 spiro atoms. The van der Waals surface area contributed by atoms with Crippen molar-refractivity contribution in [2.45, 2.75) is 6.92 Å². The molecule has 0 fully saturated rings. The molecule has 2 aromatic carbocycles. The largest absolute Gasteiger partial charge is 0.465 e. The van der Waals surface area contributed by atoms with Gasteiger partial charge in [-0.15, -0.1) is 0 Å². The Labute approximate surface area is 162 Å². The summed E-state index contributed by atoms with van der Waals surface area (Å²) in [5, 5.41) is 2.90. The molecule has 0 aliphatic carbocycles. The van der Waals surface area contributed by atoms with Crippen molar-refractivity contribution in [3.63, 3.8) is 0 Å². The summed E-state index contributed by atoms with van der Waals surface area (Å²) >= 11 is 5.98. The second kappa shape index (κ2) is 8.41. The number of halogens is 1. The van der Waals surface area contributed by atoms with E-state index in [0.29, 0.717) is 16.3 Å². The third-order valence-electron chi connectivity index (χ3n) is 3.73. The van der Waals surface area contributed by atoms with Gasteiger partial charge in [-0.2, -0.15) is 0 Å². The number of benzene rings is 2. The van der Waals surface area contributed by atoms with Crippen LogP contribution in [0.3, 0.4) is 0 Å². The molecular weight excluding hydrogens is 392 g/mol. The minimum absolute atomic E-state index is 0.165. The number of sulfonamides is 1. The van der Waals surface area contributed by atoms with E-state index in [9.17, 15) is 18.0 Å². The van der Waals surface area contributed by atoms with E-state index < -0.39 is 28.4 Å². The second-order valence-electron chi connectivity index (χ2n) is 5.79. The van der Waals surface area contributed by atoms with Crippen molar-refractivity contribution in [3.05, 3.63) is 58.6 Å². The molecule has 0 aromatic heterocycles. The SMILES string of the molecule is COC(=O)c1ccccc1NC(=O)CN(c1cc(Cl)ccc1C)S(C)(=O)=O. The lowest BCUT2D eigenvalue weighted by atomic mass is 10.1. The molecule has 0 atom stereocenters. The van der Waals surface area contributed by atoms with Crippen molar-refractivity contribution in [1.29, 1.82) is 0 Å². The van der Waals surface area contributed by atoms with Crippen molar-refractivity contribution in [1.82, 2.24) is 0 Å². The first-order valence-electron chi connectivity index (χ1n) is 7.84. The normalized spacial score (nSPS) is 11.0. The number of esters is 1. The molecular formula is C18H19ClN2O5S. The molecule has 0 aliphatic rings. The zero-order chi connectivity index (χ0) is 20.2. The first kappa shape index (κ1) is 20.7. The maximum atomic E-state index is 12.5. The van der Waals surface area contributed by atoms with E-state index >= 15 is 0 Å². The highest BCUT2D eigenvalue weighted by molar-refractivity contribution is 7.92. The fraction of sp³-hybridized carbons (Fsp3) is 0.222. The van der Waals surface area contributed by atoms with Crippen LogP contribution in [-0.4, -0.2) is 40.2 Å². The Bertz CT molecular complexity index is 975. The van der Waals surface area contributed by atoms with Crippen molar-refractivity contribution >= 4 is 44.9 Å². The summed E-state index contributed by atoms with van der Waals surface area (Å²) in [6.07, 6.45) is 1.00. The number of anilines is 2. The lowest BCUT2D eigenvalue weighted by Gasteiger charge is -2.24. The van der Waals surface area contributed by atoms with Gasteiger partial charge in [0.15, 0.2) is 0 Å². The quantitative estimate of drug-likeness (QED) is 0.739. The summed E-state index contributed by atoms with van der Waals surface area (Å²) in [6.45, 7) is 1.24. The highest BCUT2D eigenvalue weighted by Crippen LogP contribution is 2.26. The van der Waals surface area contributed by atoms with E-state index in [2.05, 4.69) is 10.1 Å². The zero-order valence-corrected chi connectivity index (χ0v) is 16.6. The average molecular weight is 411 g/mol. The summed E-state index contributed by atoms with van der Waals surface area (Å²) in [6, 6.07) is 11.1. The Kier molecular flexibility index (Phi) is 6.45. The van der Waals surface area contributed by atoms with E-state index in [0.717, 1.165) is 10.6 Å². The van der Waals surface area contributed by atoms with Gasteiger partial charge in [-0.25, -0.2) is 13.2 Å². The molecule has 0 saturated carbocycles. The van der Waals surface area contributed by atoms with Gasteiger partial charge in [0.05, 0.1) is 30.3 Å². The maximum Gasteiger partial charge on any atom is 0.339 e. The maximum absolute atomic E-state index is 12.5. The molecule has 9 heteroatoms. The Morgan fingerprint density at radius 2 is 1.85 bits per heavy atom. The summed E-state index contributed by atoms with van der Waals surface area (Å²) < 4.78 is 30.1. The third kappa shape index (κ3) is 5.21. The van der Waals surface area contributed by atoms with Crippen LogP contribution < -0.4 is 9.62 Å². The molecule has 0 radical (unpaired) electrons. The standard InChI is InChI=1S/C18H19ClN2O5S/c1-12-8-9-13(19)10-16(12)21(27(3,24)25)11-17(22)20-15-7-5-4-6-14(15)18(23)26-2/h4-10H,11H2,1-3H3,(H,20,22). The summed E-state index contributed by atoms with van der Waals surface area (Å²) in [4.78, 5) is 24.3. The molecule has 27 heavy (non-hydrogen) atoms. The molecule has 0 unspecified atom stereocenters. The molecule has 1 amide bonds. The van der Waals surface area contributed by atoms with E-state index in [1.54, 1.807) is 31.2 Å². The topological polar surface area (TPSA) is 92.8 Å². The van der Waals surface area contributed by atoms with Crippen molar-refractivity contribution in [2.75, 3.05) is 29.5 Å². The van der Waals surface area contributed by atoms with E-state index in [-0.39, 0.29) is 11.3 Å². The first-order chi connectivity index (χ1) is 12.6. The molecule has 144 valence electrons. The van der Waals surface area contributed by atoms with Gasteiger partial charge < -0.3 is 10.1 Å². The van der Waals surface area contributed by atoms with Crippen LogP contribution in [-0.2, 0) is 19.6 Å². The third-order valence-corrected chi connectivity index (χ3v) is 5.10. The number of nitrogens with zero attached hydrogens (tertiary/aromatic N) is 1. The Morgan fingerprint density at radius 1 is 1.19 bits per heavy atom. The summed E-state index contributed by atoms with van der Waals surface area (Å²) in [5.74, 6) is -1.23. The van der Waals surface area contributed by atoms with Gasteiger partial charge >= 0.3 is 5.97 Å². The van der Waals surface area contributed by atoms with Crippen LogP contribution in [0.1, 0.15) is 15.9 Å². The van der Waals surface area contributed by atoms with Gasteiger partial charge in [0.2, 0.25) is 15.9 Å². The van der Waals surface area contributed by atoms with Crippen LogP contribution in [0.5, 0.6) is 0 Å². The highest BCUT2D eigenvalue weighted by atomic mass is 35.5. The fourth-order valence-electron chi connectivity index (χ4n) is 2.43. The first-order valence-corrected chi connectivity index (χ1v) is 10.1. The Morgan fingerprint density at radius 3 is 2.48 bits per heavy atom. The number of rotatable bonds is 6. The molecule has 7 nitrogen and oxygen atoms in total. The van der Waals surface area contributed by atoms with Crippen LogP contribution in [0, 0.1) is 6.92 Å². The van der Waals surface area contributed by atoms with Gasteiger partial charge in [-0.1, -0.05) is 29.8 Å². The predicted molar refractivity (Wildman–Crippen MR) is 105 cm³/mol. The number of hydrogen-bond donors (Lipinski definition) is 1. The number of amides is 1. The van der Waals surface area contributed by atoms with Crippen molar-refractivity contribution in [3.8, 4) is 0 Å². The van der Waals surface area contributed by atoms with Crippen LogP contribution in [0.4, 0.5) is 11.4 Å². The molecule has 0 bridgehead atoms. The monoisotopic (exact) mass is 410 g/mol. The zero-order valence-electron chi connectivity index (χ0n) is 15.0. The number of para-hydroxylation sites is 1. The lowest BCUT2D eigenvalue weighted by molar-refractivity contribution is -0.114. The van der Waals surface area contributed by atoms with Gasteiger partial charge in [-0.3, -0.25) is 9.10 Å². The van der Waals surface area contributed by atoms with Crippen molar-refractivity contribution < 1.29 is 22.7 Å². The van der Waals surface area contributed by atoms with E-state index in [1.807, 2.05) is 0 Å². The predicted octanol–water partition coefficient (Wildman–Crippen LogP) is 2.84. The van der Waals surface area contributed by atoms with Gasteiger partial charge in [0.1, 0.15) is 6.54 Å². The van der Waals surface area contributed by atoms with Gasteiger partial charge in [-0.05, 0) is 36.8 Å². The van der Waals surface area contributed by atoms with Gasteiger partial charge in [0.25, 0.3) is 0 Å². The van der Waals surface area contributed by atoms with Crippen LogP contribution in [0.15, 0.2) is 42.5 Å². The molecule has 0 aliphatic heterocycles. The number of ether oxygens (including phenoxy) is 1. The minimum Gasteiger partial charge on any atom is -0.465 e. The van der Waals surface area contributed by atoms with E-state index in [4.69, 9.17) is 11.6 Å². The minimum atomic E-state index is -3.75. The molecule has 1 N–H and O–H groups in total. The number of hydrogen-bond acceptors (Lipinski definition) is 5. The lowest BCUT2D eigenvalue weighted by Crippen LogP contribution is -2.38. The van der Waals surface area contributed by atoms with Gasteiger partial charge in [0, 0.05) is 5.02 Å². The smallest absolute Gasteiger partial charge is 0.339 e. The summed E-state index contributed by atoms with van der Waals surface area (Å²) in [7, 11) is -2.52. The molecule has 0 heterocycles. The van der Waals surface area contributed by atoms with Crippen LogP contribution >= 0.6 is 11.6 Å². The molecule has 2 aromatic rings. The number of nitrogens with one attached hydrogen (secondary N) is 1. The van der Waals surface area contributed by atoms with Crippen LogP contribution in [0.25, 0.3) is 0 Å². The fourth-order valence-corrected chi connectivity index (χ4v) is 3.50. The highest BCUT2D eigenvalue weighted by Gasteiger charge is 2.23. The Balaban J connectivity index is 2.31. The van der Waals surface area contributed by atoms with Crippen LogP contribution in [0.2, 0.25) is 5.02 Å².